The van der Waals surface area contributed by atoms with E-state index in [4.69, 9.17) is 4.74 Å². The van der Waals surface area contributed by atoms with E-state index >= 15 is 0 Å². The Kier molecular flexibility index (Phi) is 6.51. The predicted octanol–water partition coefficient (Wildman–Crippen LogP) is 3.76. The third kappa shape index (κ3) is 4.39. The van der Waals surface area contributed by atoms with Gasteiger partial charge < -0.3 is 10.1 Å². The zero-order valence-electron chi connectivity index (χ0n) is 18.9. The van der Waals surface area contributed by atoms with Crippen LogP contribution in [-0.2, 0) is 9.53 Å². The summed E-state index contributed by atoms with van der Waals surface area (Å²) in [4.78, 5) is 73.4. The molecule has 0 bridgehead atoms. The molecular formula is C26H18N2O8. The number of ketones is 3. The first kappa shape index (κ1) is 24.1. The second-order valence-electron chi connectivity index (χ2n) is 7.82. The van der Waals surface area contributed by atoms with Crippen LogP contribution in [0.25, 0.3) is 0 Å². The fourth-order valence-corrected chi connectivity index (χ4v) is 3.80. The van der Waals surface area contributed by atoms with Gasteiger partial charge in [-0.25, -0.2) is 4.79 Å². The van der Waals surface area contributed by atoms with Gasteiger partial charge in [0, 0.05) is 34.4 Å². The summed E-state index contributed by atoms with van der Waals surface area (Å²) in [6, 6.07) is 14.0. The first-order valence-electron chi connectivity index (χ1n) is 10.8. The zero-order chi connectivity index (χ0) is 26.0. The van der Waals surface area contributed by atoms with Crippen LogP contribution in [0.2, 0.25) is 0 Å². The molecule has 0 aromatic heterocycles. The number of ether oxygens (including phenoxy) is 1. The number of nitro groups is 1. The van der Waals surface area contributed by atoms with Crippen molar-refractivity contribution in [3.05, 3.63) is 104 Å². The lowest BCUT2D eigenvalue weighted by molar-refractivity contribution is -0.385. The quantitative estimate of drug-likeness (QED) is 0.180. The maximum absolute atomic E-state index is 13.0. The van der Waals surface area contributed by atoms with Gasteiger partial charge in [0.05, 0.1) is 4.92 Å². The smallest absolute Gasteiger partial charge is 0.345 e. The number of benzene rings is 3. The summed E-state index contributed by atoms with van der Waals surface area (Å²) in [7, 11) is 0. The number of amides is 1. The number of fused-ring (bicyclic) bond motifs is 2. The molecule has 180 valence electrons. The van der Waals surface area contributed by atoms with Crippen molar-refractivity contribution in [3.8, 4) is 0 Å². The van der Waals surface area contributed by atoms with Crippen LogP contribution in [0.3, 0.4) is 0 Å². The molecule has 36 heavy (non-hydrogen) atoms. The second kappa shape index (κ2) is 9.71. The van der Waals surface area contributed by atoms with Crippen LogP contribution < -0.4 is 5.32 Å². The maximum Gasteiger partial charge on any atom is 0.345 e. The van der Waals surface area contributed by atoms with Gasteiger partial charge in [-0.05, 0) is 36.4 Å². The second-order valence-corrected chi connectivity index (χ2v) is 7.82. The van der Waals surface area contributed by atoms with Crippen molar-refractivity contribution in [2.45, 2.75) is 13.3 Å². The molecule has 0 saturated heterocycles. The molecule has 0 heterocycles. The Balaban J connectivity index is 1.57. The highest BCUT2D eigenvalue weighted by molar-refractivity contribution is 6.30. The van der Waals surface area contributed by atoms with Gasteiger partial charge in [0.15, 0.2) is 18.2 Å². The molecule has 1 aliphatic rings. The van der Waals surface area contributed by atoms with Gasteiger partial charge in [-0.2, -0.15) is 0 Å². The summed E-state index contributed by atoms with van der Waals surface area (Å²) in [5, 5.41) is 14.5. The molecule has 0 unspecified atom stereocenters. The van der Waals surface area contributed by atoms with Gasteiger partial charge in [-0.1, -0.05) is 31.2 Å². The fraction of sp³-hybridized carbons (Fsp3) is 0.115. The van der Waals surface area contributed by atoms with Gasteiger partial charge in [-0.15, -0.1) is 0 Å². The molecule has 1 aliphatic carbocycles. The Morgan fingerprint density at radius 2 is 1.53 bits per heavy atom. The molecule has 3 aromatic carbocycles. The van der Waals surface area contributed by atoms with Crippen molar-refractivity contribution in [2.24, 2.45) is 0 Å². The van der Waals surface area contributed by atoms with Gasteiger partial charge in [0.2, 0.25) is 11.7 Å². The summed E-state index contributed by atoms with van der Waals surface area (Å²) in [6.45, 7) is 0.977. The van der Waals surface area contributed by atoms with Gasteiger partial charge in [0.1, 0.15) is 11.1 Å². The van der Waals surface area contributed by atoms with E-state index in [9.17, 15) is 34.1 Å². The van der Waals surface area contributed by atoms with Crippen molar-refractivity contribution < 1.29 is 33.6 Å². The summed E-state index contributed by atoms with van der Waals surface area (Å²) in [5.41, 5.74) is -1.29. The number of hydrogen-bond donors (Lipinski definition) is 1. The number of carbonyl (C=O) groups is 5. The average Bonchev–Trinajstić information content (AvgIpc) is 2.89. The van der Waals surface area contributed by atoms with E-state index < -0.39 is 51.7 Å². The summed E-state index contributed by atoms with van der Waals surface area (Å²) in [6.07, 6.45) is 0.289. The standard InChI is InChI=1S/C26H18N2O8/c1-2-21(30)27-15-9-7-14(8-10-15)20(29)13-36-26(33)19-12-11-18-22(23(19)28(34)35)25(32)17-6-4-3-5-16(17)24(18)31/h3-12H,2,13H2,1H3,(H,27,30). The van der Waals surface area contributed by atoms with E-state index in [2.05, 4.69) is 5.32 Å². The minimum atomic E-state index is -1.19. The lowest BCUT2D eigenvalue weighted by Crippen LogP contribution is -2.24. The number of esters is 1. The van der Waals surface area contributed by atoms with Crippen LogP contribution in [0.1, 0.15) is 65.9 Å². The van der Waals surface area contributed by atoms with Crippen LogP contribution in [-0.4, -0.2) is 40.8 Å². The highest BCUT2D eigenvalue weighted by Gasteiger charge is 2.39. The van der Waals surface area contributed by atoms with Gasteiger partial charge >= 0.3 is 5.97 Å². The Bertz CT molecular complexity index is 1460. The number of anilines is 1. The zero-order valence-corrected chi connectivity index (χ0v) is 18.9. The first-order valence-corrected chi connectivity index (χ1v) is 10.8. The highest BCUT2D eigenvalue weighted by atomic mass is 16.6. The number of nitro benzene ring substituents is 1. The van der Waals surface area contributed by atoms with E-state index in [-0.39, 0.29) is 34.6 Å². The predicted molar refractivity (Wildman–Crippen MR) is 126 cm³/mol. The minimum absolute atomic E-state index is 0.00244. The van der Waals surface area contributed by atoms with Crippen molar-refractivity contribution in [1.82, 2.24) is 0 Å². The number of nitrogens with zero attached hydrogens (tertiary/aromatic N) is 1. The Labute approximate surface area is 204 Å². The number of hydrogen-bond acceptors (Lipinski definition) is 8. The van der Waals surface area contributed by atoms with Crippen LogP contribution >= 0.6 is 0 Å². The third-order valence-electron chi connectivity index (χ3n) is 5.61. The number of Topliss-reactive ketones (excluding diaryl/α,β-unsaturated/α-hetero) is 1. The number of carbonyl (C=O) groups excluding carboxylic acids is 5. The van der Waals surface area contributed by atoms with Crippen LogP contribution in [0.15, 0.2) is 60.7 Å². The van der Waals surface area contributed by atoms with Gasteiger partial charge in [-0.3, -0.25) is 29.3 Å². The normalized spacial score (nSPS) is 11.8. The molecule has 10 heteroatoms. The Morgan fingerprint density at radius 3 is 2.14 bits per heavy atom. The first-order chi connectivity index (χ1) is 17.2. The molecule has 4 rings (SSSR count). The highest BCUT2D eigenvalue weighted by Crippen LogP contribution is 2.35. The van der Waals surface area contributed by atoms with Crippen molar-refractivity contribution in [2.75, 3.05) is 11.9 Å². The lowest BCUT2D eigenvalue weighted by atomic mass is 9.82. The monoisotopic (exact) mass is 486 g/mol. The van der Waals surface area contributed by atoms with Crippen LogP contribution in [0.5, 0.6) is 0 Å². The van der Waals surface area contributed by atoms with Crippen molar-refractivity contribution in [1.29, 1.82) is 0 Å². The molecule has 1 N–H and O–H groups in total. The lowest BCUT2D eigenvalue weighted by Gasteiger charge is -2.18. The minimum Gasteiger partial charge on any atom is -0.454 e. The molecule has 0 radical (unpaired) electrons. The molecule has 10 nitrogen and oxygen atoms in total. The molecule has 0 fully saturated rings. The molecule has 0 spiro atoms. The molecule has 0 aliphatic heterocycles. The third-order valence-corrected chi connectivity index (χ3v) is 5.61. The molecule has 3 aromatic rings. The van der Waals surface area contributed by atoms with Crippen molar-refractivity contribution in [3.63, 3.8) is 0 Å². The van der Waals surface area contributed by atoms with Crippen LogP contribution in [0, 0.1) is 10.1 Å². The maximum atomic E-state index is 13.0. The van der Waals surface area contributed by atoms with E-state index in [1.54, 1.807) is 13.0 Å². The van der Waals surface area contributed by atoms with Crippen molar-refractivity contribution >= 4 is 40.6 Å². The Hall–Kier alpha value is -4.99. The summed E-state index contributed by atoms with van der Waals surface area (Å²) in [5.74, 6) is -3.30. The molecular weight excluding hydrogens is 468 g/mol. The summed E-state index contributed by atoms with van der Waals surface area (Å²) >= 11 is 0. The number of rotatable bonds is 7. The van der Waals surface area contributed by atoms with E-state index in [1.807, 2.05) is 0 Å². The fourth-order valence-electron chi connectivity index (χ4n) is 3.80. The SMILES string of the molecule is CCC(=O)Nc1ccc(C(=O)COC(=O)c2ccc3c(c2[N+](=O)[O-])C(=O)c2ccccc2C3=O)cc1. The molecule has 0 saturated carbocycles. The van der Waals surface area contributed by atoms with E-state index in [0.717, 1.165) is 6.07 Å². The molecule has 1 amide bonds. The molecule has 0 atom stereocenters. The van der Waals surface area contributed by atoms with Crippen LogP contribution in [0.4, 0.5) is 11.4 Å². The van der Waals surface area contributed by atoms with E-state index in [1.165, 1.54) is 48.5 Å². The Morgan fingerprint density at radius 1 is 0.889 bits per heavy atom. The topological polar surface area (TPSA) is 150 Å². The number of nitrogens with one attached hydrogen (secondary N) is 1. The average molecular weight is 486 g/mol. The summed E-state index contributed by atoms with van der Waals surface area (Å²) < 4.78 is 5.01. The van der Waals surface area contributed by atoms with E-state index in [0.29, 0.717) is 5.69 Å². The van der Waals surface area contributed by atoms with Gasteiger partial charge in [0.25, 0.3) is 5.69 Å². The largest absolute Gasteiger partial charge is 0.454 e.